The lowest BCUT2D eigenvalue weighted by Crippen LogP contribution is -2.19. The van der Waals surface area contributed by atoms with Crippen LogP contribution in [-0.2, 0) is 11.3 Å². The van der Waals surface area contributed by atoms with Gasteiger partial charge >= 0.3 is 0 Å². The summed E-state index contributed by atoms with van der Waals surface area (Å²) >= 11 is 0. The predicted octanol–water partition coefficient (Wildman–Crippen LogP) is 1.20. The SMILES string of the molecule is CO[C@H](C)c1noc(CN(C)c2ncccn2)n1. The van der Waals surface area contributed by atoms with Crippen molar-refractivity contribution >= 4 is 5.95 Å². The van der Waals surface area contributed by atoms with Crippen molar-refractivity contribution in [2.45, 2.75) is 19.6 Å². The van der Waals surface area contributed by atoms with Gasteiger partial charge in [-0.05, 0) is 13.0 Å². The van der Waals surface area contributed by atoms with E-state index in [2.05, 4.69) is 20.1 Å². The van der Waals surface area contributed by atoms with Gasteiger partial charge in [0.1, 0.15) is 6.10 Å². The van der Waals surface area contributed by atoms with Gasteiger partial charge in [0.15, 0.2) is 5.82 Å². The lowest BCUT2D eigenvalue weighted by Gasteiger charge is -2.13. The molecule has 1 atom stereocenters. The monoisotopic (exact) mass is 249 g/mol. The Morgan fingerprint density at radius 2 is 2.11 bits per heavy atom. The molecule has 0 aliphatic carbocycles. The molecule has 18 heavy (non-hydrogen) atoms. The number of aromatic nitrogens is 4. The minimum absolute atomic E-state index is 0.180. The van der Waals surface area contributed by atoms with Crippen LogP contribution in [0.5, 0.6) is 0 Å². The van der Waals surface area contributed by atoms with Gasteiger partial charge in [-0.15, -0.1) is 0 Å². The molecule has 0 fully saturated rings. The van der Waals surface area contributed by atoms with E-state index < -0.39 is 0 Å². The summed E-state index contributed by atoms with van der Waals surface area (Å²) in [5.41, 5.74) is 0. The quantitative estimate of drug-likeness (QED) is 0.787. The highest BCUT2D eigenvalue weighted by Crippen LogP contribution is 2.13. The topological polar surface area (TPSA) is 77.2 Å². The normalized spacial score (nSPS) is 12.4. The first-order valence-electron chi connectivity index (χ1n) is 5.54. The molecule has 0 aliphatic rings. The molecule has 0 bridgehead atoms. The highest BCUT2D eigenvalue weighted by molar-refractivity contribution is 5.26. The number of anilines is 1. The van der Waals surface area contributed by atoms with E-state index in [0.717, 1.165) is 0 Å². The van der Waals surface area contributed by atoms with Gasteiger partial charge in [0.05, 0.1) is 6.54 Å². The molecular formula is C11H15N5O2. The van der Waals surface area contributed by atoms with Crippen LogP contribution in [0.15, 0.2) is 23.0 Å². The highest BCUT2D eigenvalue weighted by atomic mass is 16.5. The van der Waals surface area contributed by atoms with Crippen molar-refractivity contribution < 1.29 is 9.26 Å². The predicted molar refractivity (Wildman–Crippen MR) is 63.9 cm³/mol. The fraction of sp³-hybridized carbons (Fsp3) is 0.455. The smallest absolute Gasteiger partial charge is 0.246 e. The zero-order chi connectivity index (χ0) is 13.0. The van der Waals surface area contributed by atoms with E-state index in [9.17, 15) is 0 Å². The van der Waals surface area contributed by atoms with Crippen LogP contribution in [0.1, 0.15) is 24.7 Å². The highest BCUT2D eigenvalue weighted by Gasteiger charge is 2.14. The summed E-state index contributed by atoms with van der Waals surface area (Å²) < 4.78 is 10.3. The molecule has 7 heteroatoms. The fourth-order valence-electron chi connectivity index (χ4n) is 1.36. The summed E-state index contributed by atoms with van der Waals surface area (Å²) in [4.78, 5) is 14.3. The van der Waals surface area contributed by atoms with Crippen molar-refractivity contribution in [1.82, 2.24) is 20.1 Å². The van der Waals surface area contributed by atoms with Gasteiger partial charge < -0.3 is 14.2 Å². The van der Waals surface area contributed by atoms with Crippen molar-refractivity contribution in [2.24, 2.45) is 0 Å². The standard InChI is InChI=1S/C11H15N5O2/c1-8(17-3)10-14-9(18-15-10)7-16(2)11-12-5-4-6-13-11/h4-6,8H,7H2,1-3H3/t8-/m1/s1. The van der Waals surface area contributed by atoms with Crippen molar-refractivity contribution in [3.8, 4) is 0 Å². The van der Waals surface area contributed by atoms with Crippen molar-refractivity contribution in [2.75, 3.05) is 19.1 Å². The molecule has 0 saturated heterocycles. The lowest BCUT2D eigenvalue weighted by atomic mass is 10.4. The van der Waals surface area contributed by atoms with E-state index in [0.29, 0.717) is 24.2 Å². The van der Waals surface area contributed by atoms with Crippen LogP contribution in [0.4, 0.5) is 5.95 Å². The molecule has 0 spiro atoms. The number of hydrogen-bond donors (Lipinski definition) is 0. The van der Waals surface area contributed by atoms with E-state index in [-0.39, 0.29) is 6.10 Å². The Morgan fingerprint density at radius 3 is 2.78 bits per heavy atom. The van der Waals surface area contributed by atoms with E-state index in [1.165, 1.54) is 0 Å². The summed E-state index contributed by atoms with van der Waals surface area (Å²) in [6.45, 7) is 2.31. The first kappa shape index (κ1) is 12.4. The van der Waals surface area contributed by atoms with E-state index in [1.54, 1.807) is 25.6 Å². The molecule has 2 heterocycles. The number of hydrogen-bond acceptors (Lipinski definition) is 7. The second-order valence-corrected chi connectivity index (χ2v) is 3.83. The molecule has 0 aromatic carbocycles. The summed E-state index contributed by atoms with van der Waals surface area (Å²) in [5, 5.41) is 3.86. The van der Waals surface area contributed by atoms with E-state index >= 15 is 0 Å². The van der Waals surface area contributed by atoms with Gasteiger partial charge in [0, 0.05) is 26.6 Å². The maximum Gasteiger partial charge on any atom is 0.246 e. The molecule has 7 nitrogen and oxygen atoms in total. The number of methoxy groups -OCH3 is 1. The van der Waals surface area contributed by atoms with Crippen LogP contribution >= 0.6 is 0 Å². The second-order valence-electron chi connectivity index (χ2n) is 3.83. The largest absolute Gasteiger partial charge is 0.374 e. The average Bonchev–Trinajstić information content (AvgIpc) is 2.87. The number of rotatable bonds is 5. The zero-order valence-corrected chi connectivity index (χ0v) is 10.6. The van der Waals surface area contributed by atoms with Gasteiger partial charge in [-0.1, -0.05) is 5.16 Å². The Hall–Kier alpha value is -2.02. The molecule has 0 N–H and O–H groups in total. The van der Waals surface area contributed by atoms with Gasteiger partial charge in [0.25, 0.3) is 0 Å². The third-order valence-corrected chi connectivity index (χ3v) is 2.47. The van der Waals surface area contributed by atoms with Crippen molar-refractivity contribution in [3.05, 3.63) is 30.2 Å². The average molecular weight is 249 g/mol. The Bertz CT molecular complexity index is 487. The third-order valence-electron chi connectivity index (χ3n) is 2.47. The Morgan fingerprint density at radius 1 is 1.39 bits per heavy atom. The van der Waals surface area contributed by atoms with Crippen LogP contribution in [0.25, 0.3) is 0 Å². The molecule has 2 aromatic rings. The Balaban J connectivity index is 2.03. The van der Waals surface area contributed by atoms with Crippen LogP contribution in [0.2, 0.25) is 0 Å². The van der Waals surface area contributed by atoms with Crippen LogP contribution in [0, 0.1) is 0 Å². The van der Waals surface area contributed by atoms with Gasteiger partial charge in [-0.3, -0.25) is 0 Å². The Kier molecular flexibility index (Phi) is 3.83. The lowest BCUT2D eigenvalue weighted by molar-refractivity contribution is 0.109. The summed E-state index contributed by atoms with van der Waals surface area (Å²) in [6.07, 6.45) is 3.19. The molecule has 2 aromatic heterocycles. The minimum Gasteiger partial charge on any atom is -0.374 e. The molecule has 0 aliphatic heterocycles. The first-order valence-corrected chi connectivity index (χ1v) is 5.54. The van der Waals surface area contributed by atoms with Crippen LogP contribution in [0.3, 0.4) is 0 Å². The van der Waals surface area contributed by atoms with Crippen LogP contribution in [-0.4, -0.2) is 34.3 Å². The Labute approximate surface area is 105 Å². The molecular weight excluding hydrogens is 234 g/mol. The molecule has 0 radical (unpaired) electrons. The van der Waals surface area contributed by atoms with Gasteiger partial charge in [0.2, 0.25) is 11.8 Å². The maximum atomic E-state index is 5.14. The third kappa shape index (κ3) is 2.80. The summed E-state index contributed by atoms with van der Waals surface area (Å²) in [7, 11) is 3.46. The van der Waals surface area contributed by atoms with Crippen LogP contribution < -0.4 is 4.90 Å². The zero-order valence-electron chi connectivity index (χ0n) is 10.6. The van der Waals surface area contributed by atoms with Gasteiger partial charge in [-0.25, -0.2) is 9.97 Å². The van der Waals surface area contributed by atoms with Gasteiger partial charge in [-0.2, -0.15) is 4.98 Å². The molecule has 0 unspecified atom stereocenters. The molecule has 0 amide bonds. The molecule has 2 rings (SSSR count). The van der Waals surface area contributed by atoms with Crippen molar-refractivity contribution in [1.29, 1.82) is 0 Å². The fourth-order valence-corrected chi connectivity index (χ4v) is 1.36. The second kappa shape index (κ2) is 5.54. The van der Waals surface area contributed by atoms with E-state index in [4.69, 9.17) is 9.26 Å². The summed E-state index contributed by atoms with van der Waals surface area (Å²) in [6, 6.07) is 1.77. The number of ether oxygens (including phenoxy) is 1. The maximum absolute atomic E-state index is 5.14. The summed E-state index contributed by atoms with van der Waals surface area (Å²) in [5.74, 6) is 1.65. The first-order chi connectivity index (χ1) is 8.70. The van der Waals surface area contributed by atoms with E-state index in [1.807, 2.05) is 18.9 Å². The number of nitrogens with zero attached hydrogens (tertiary/aromatic N) is 5. The van der Waals surface area contributed by atoms with Crippen molar-refractivity contribution in [3.63, 3.8) is 0 Å². The minimum atomic E-state index is -0.180. The molecule has 0 saturated carbocycles. The molecule has 96 valence electrons.